The average Bonchev–Trinajstić information content (AvgIpc) is 3.21. The molecule has 10 heteroatoms. The zero-order chi connectivity index (χ0) is 22.2. The highest BCUT2D eigenvalue weighted by Gasteiger charge is 2.14. The maximum absolute atomic E-state index is 14.4. The van der Waals surface area contributed by atoms with E-state index in [1.54, 1.807) is 22.6 Å². The molecule has 2 aromatic heterocycles. The van der Waals surface area contributed by atoms with Crippen LogP contribution in [-0.4, -0.2) is 33.0 Å². The third kappa shape index (κ3) is 5.98. The molecular formula is C21H23F2N5O3. The minimum atomic E-state index is -0.555. The lowest BCUT2D eigenvalue weighted by molar-refractivity contribution is -0.129. The van der Waals surface area contributed by atoms with E-state index in [9.17, 15) is 13.6 Å². The molecule has 1 aromatic carbocycles. The van der Waals surface area contributed by atoms with Gasteiger partial charge in [-0.05, 0) is 31.0 Å². The lowest BCUT2D eigenvalue weighted by atomic mass is 10.0. The molecule has 164 valence electrons. The molecule has 0 bridgehead atoms. The van der Waals surface area contributed by atoms with Crippen LogP contribution in [0.4, 0.5) is 20.3 Å². The van der Waals surface area contributed by atoms with Crippen molar-refractivity contribution in [2.75, 3.05) is 12.4 Å². The monoisotopic (exact) mass is 431 g/mol. The number of halogens is 2. The van der Waals surface area contributed by atoms with E-state index in [-0.39, 0.29) is 17.7 Å². The van der Waals surface area contributed by atoms with Crippen LogP contribution < -0.4 is 15.5 Å². The van der Waals surface area contributed by atoms with E-state index < -0.39 is 17.5 Å². The Hall–Kier alpha value is -3.53. The number of pyridine rings is 1. The Morgan fingerprint density at radius 1 is 1.16 bits per heavy atom. The number of carbonyl (C=O) groups excluding carboxylic acids is 1. The second-order valence-electron chi connectivity index (χ2n) is 6.86. The van der Waals surface area contributed by atoms with Gasteiger partial charge in [-0.2, -0.15) is 5.10 Å². The molecule has 0 saturated carbocycles. The molecule has 0 atom stereocenters. The van der Waals surface area contributed by atoms with Crippen molar-refractivity contribution in [1.29, 1.82) is 0 Å². The van der Waals surface area contributed by atoms with E-state index in [0.29, 0.717) is 30.0 Å². The minimum Gasteiger partial charge on any atom is -0.496 e. The fourth-order valence-electron chi connectivity index (χ4n) is 3.09. The van der Waals surface area contributed by atoms with E-state index in [4.69, 9.17) is 9.94 Å². The Labute approximate surface area is 177 Å². The SMILES string of the molecule is COc1cc(F)ccc1-c1cc(Nc2cnn(CCCCCC(=O)NO)c2)ncc1F. The third-order valence-electron chi connectivity index (χ3n) is 4.63. The molecular weight excluding hydrogens is 408 g/mol. The van der Waals surface area contributed by atoms with Gasteiger partial charge >= 0.3 is 0 Å². The largest absolute Gasteiger partial charge is 0.496 e. The van der Waals surface area contributed by atoms with E-state index in [1.807, 2.05) is 0 Å². The zero-order valence-corrected chi connectivity index (χ0v) is 16.9. The van der Waals surface area contributed by atoms with Gasteiger partial charge in [0.15, 0.2) is 0 Å². The number of anilines is 2. The van der Waals surface area contributed by atoms with Crippen molar-refractivity contribution >= 4 is 17.4 Å². The van der Waals surface area contributed by atoms with Crippen LogP contribution in [0.2, 0.25) is 0 Å². The van der Waals surface area contributed by atoms with Crippen LogP contribution in [0.1, 0.15) is 25.7 Å². The highest BCUT2D eigenvalue weighted by molar-refractivity contribution is 5.74. The molecule has 2 heterocycles. The number of hydrogen-bond acceptors (Lipinski definition) is 6. The number of aromatic nitrogens is 3. The highest BCUT2D eigenvalue weighted by atomic mass is 19.1. The third-order valence-corrected chi connectivity index (χ3v) is 4.63. The van der Waals surface area contributed by atoms with Gasteiger partial charge < -0.3 is 10.1 Å². The number of unbranched alkanes of at least 4 members (excludes halogenated alkanes) is 2. The van der Waals surface area contributed by atoms with Crippen molar-refractivity contribution < 1.29 is 23.5 Å². The van der Waals surface area contributed by atoms with E-state index in [1.165, 1.54) is 31.4 Å². The summed E-state index contributed by atoms with van der Waals surface area (Å²) in [6.45, 7) is 0.664. The standard InChI is InChI=1S/C21H23F2N5O3/c1-31-19-9-14(22)6-7-16(19)17-10-20(24-12-18(17)23)26-15-11-25-28(13-15)8-4-2-3-5-21(29)27-30/h6-7,9-13,30H,2-5,8H2,1H3,(H,24,26)(H,27,29). The first kappa shape index (κ1) is 22.2. The van der Waals surface area contributed by atoms with Gasteiger partial charge in [0.1, 0.15) is 23.2 Å². The Kier molecular flexibility index (Phi) is 7.50. The smallest absolute Gasteiger partial charge is 0.243 e. The molecule has 0 aliphatic heterocycles. The van der Waals surface area contributed by atoms with Gasteiger partial charge in [0.25, 0.3) is 0 Å². The number of aryl methyl sites for hydroxylation is 1. The minimum absolute atomic E-state index is 0.223. The highest BCUT2D eigenvalue weighted by Crippen LogP contribution is 2.33. The lowest BCUT2D eigenvalue weighted by Crippen LogP contribution is -2.17. The number of methoxy groups -OCH3 is 1. The Morgan fingerprint density at radius 2 is 2.00 bits per heavy atom. The van der Waals surface area contributed by atoms with Gasteiger partial charge in [-0.1, -0.05) is 6.42 Å². The number of carbonyl (C=O) groups is 1. The van der Waals surface area contributed by atoms with E-state index >= 15 is 0 Å². The first-order valence-corrected chi connectivity index (χ1v) is 9.72. The molecule has 0 radical (unpaired) electrons. The number of nitrogens with zero attached hydrogens (tertiary/aromatic N) is 3. The Bertz CT molecular complexity index is 1040. The van der Waals surface area contributed by atoms with Crippen LogP contribution in [-0.2, 0) is 11.3 Å². The fraction of sp³-hybridized carbons (Fsp3) is 0.286. The maximum Gasteiger partial charge on any atom is 0.243 e. The Morgan fingerprint density at radius 3 is 2.77 bits per heavy atom. The van der Waals surface area contributed by atoms with Crippen molar-refractivity contribution in [2.24, 2.45) is 0 Å². The van der Waals surface area contributed by atoms with Crippen molar-refractivity contribution in [2.45, 2.75) is 32.2 Å². The molecule has 0 fully saturated rings. The van der Waals surface area contributed by atoms with Crippen molar-refractivity contribution in [3.8, 4) is 16.9 Å². The summed E-state index contributed by atoms with van der Waals surface area (Å²) in [6, 6.07) is 5.42. The van der Waals surface area contributed by atoms with Crippen molar-refractivity contribution in [3.63, 3.8) is 0 Å². The molecule has 0 aliphatic carbocycles. The number of benzene rings is 1. The number of ether oxygens (including phenoxy) is 1. The van der Waals surface area contributed by atoms with Crippen LogP contribution in [0, 0.1) is 11.6 Å². The first-order valence-electron chi connectivity index (χ1n) is 9.72. The molecule has 0 aliphatic rings. The molecule has 3 N–H and O–H groups in total. The number of hydroxylamine groups is 1. The Balaban J connectivity index is 1.64. The van der Waals surface area contributed by atoms with Gasteiger partial charge in [0.05, 0.1) is 25.2 Å². The number of nitrogens with one attached hydrogen (secondary N) is 2. The molecule has 8 nitrogen and oxygen atoms in total. The molecule has 0 saturated heterocycles. The molecule has 0 spiro atoms. The average molecular weight is 431 g/mol. The quantitative estimate of drug-likeness (QED) is 0.254. The molecule has 3 aromatic rings. The number of hydrogen-bond donors (Lipinski definition) is 3. The molecule has 31 heavy (non-hydrogen) atoms. The summed E-state index contributed by atoms with van der Waals surface area (Å²) in [5.74, 6) is -0.800. The number of rotatable bonds is 10. The zero-order valence-electron chi connectivity index (χ0n) is 16.9. The van der Waals surface area contributed by atoms with E-state index in [2.05, 4.69) is 15.4 Å². The van der Waals surface area contributed by atoms with Gasteiger partial charge in [-0.3, -0.25) is 14.7 Å². The van der Waals surface area contributed by atoms with Gasteiger partial charge in [0, 0.05) is 36.4 Å². The van der Waals surface area contributed by atoms with Crippen LogP contribution in [0.5, 0.6) is 5.75 Å². The molecule has 1 amide bonds. The van der Waals surface area contributed by atoms with Crippen LogP contribution in [0.3, 0.4) is 0 Å². The summed E-state index contributed by atoms with van der Waals surface area (Å²) in [6.07, 6.45) is 7.11. The van der Waals surface area contributed by atoms with Crippen molar-refractivity contribution in [1.82, 2.24) is 20.2 Å². The summed E-state index contributed by atoms with van der Waals surface area (Å²) in [5.41, 5.74) is 2.93. The number of amides is 1. The summed E-state index contributed by atoms with van der Waals surface area (Å²) in [7, 11) is 1.40. The molecule has 3 rings (SSSR count). The second-order valence-corrected chi connectivity index (χ2v) is 6.86. The maximum atomic E-state index is 14.4. The summed E-state index contributed by atoms with van der Waals surface area (Å²) in [5, 5.41) is 15.8. The molecule has 0 unspecified atom stereocenters. The van der Waals surface area contributed by atoms with Gasteiger partial charge in [-0.25, -0.2) is 19.2 Å². The summed E-state index contributed by atoms with van der Waals surface area (Å²) >= 11 is 0. The van der Waals surface area contributed by atoms with Crippen LogP contribution in [0.15, 0.2) is 42.9 Å². The summed E-state index contributed by atoms with van der Waals surface area (Å²) in [4.78, 5) is 15.0. The first-order chi connectivity index (χ1) is 15.0. The topological polar surface area (TPSA) is 101 Å². The summed E-state index contributed by atoms with van der Waals surface area (Å²) < 4.78 is 34.8. The van der Waals surface area contributed by atoms with E-state index in [0.717, 1.165) is 19.0 Å². The van der Waals surface area contributed by atoms with Gasteiger partial charge in [-0.15, -0.1) is 0 Å². The lowest BCUT2D eigenvalue weighted by Gasteiger charge is -2.11. The van der Waals surface area contributed by atoms with Crippen LogP contribution >= 0.6 is 0 Å². The van der Waals surface area contributed by atoms with Gasteiger partial charge in [0.2, 0.25) is 5.91 Å². The normalized spacial score (nSPS) is 10.7. The predicted molar refractivity (Wildman–Crippen MR) is 110 cm³/mol. The second kappa shape index (κ2) is 10.5. The predicted octanol–water partition coefficient (Wildman–Crippen LogP) is 4.04. The van der Waals surface area contributed by atoms with Crippen molar-refractivity contribution in [3.05, 3.63) is 54.5 Å². The van der Waals surface area contributed by atoms with Crippen LogP contribution in [0.25, 0.3) is 11.1 Å². The fourth-order valence-corrected chi connectivity index (χ4v) is 3.09.